The van der Waals surface area contributed by atoms with Gasteiger partial charge in [0.15, 0.2) is 16.6 Å². The average Bonchev–Trinajstić information content (AvgIpc) is 3.24. The summed E-state index contributed by atoms with van der Waals surface area (Å²) < 4.78 is 1.05. The van der Waals surface area contributed by atoms with Gasteiger partial charge in [-0.05, 0) is 43.0 Å². The van der Waals surface area contributed by atoms with Crippen molar-refractivity contribution in [1.82, 2.24) is 20.1 Å². The van der Waals surface area contributed by atoms with E-state index in [4.69, 9.17) is 0 Å². The maximum Gasteiger partial charge on any atom is 0.282 e. The predicted octanol–water partition coefficient (Wildman–Crippen LogP) is 3.29. The van der Waals surface area contributed by atoms with Crippen LogP contribution in [-0.4, -0.2) is 65.3 Å². The monoisotopic (exact) mass is 422 g/mol. The highest BCUT2D eigenvalue weighted by Crippen LogP contribution is 2.25. The summed E-state index contributed by atoms with van der Waals surface area (Å²) in [4.78, 5) is 23.8. The Labute approximate surface area is 180 Å². The highest BCUT2D eigenvalue weighted by molar-refractivity contribution is 7.20. The zero-order chi connectivity index (χ0) is 20.5. The fourth-order valence-electron chi connectivity index (χ4n) is 4.13. The average molecular weight is 423 g/mol. The van der Waals surface area contributed by atoms with Gasteiger partial charge < -0.3 is 14.7 Å². The van der Waals surface area contributed by atoms with E-state index in [1.165, 1.54) is 24.2 Å². The molecule has 30 heavy (non-hydrogen) atoms. The number of benzene rings is 1. The van der Waals surface area contributed by atoms with Gasteiger partial charge in [0.1, 0.15) is 0 Å². The second-order valence-electron chi connectivity index (χ2n) is 8.19. The predicted molar refractivity (Wildman–Crippen MR) is 120 cm³/mol. The zero-order valence-corrected chi connectivity index (χ0v) is 18.0. The minimum Gasteiger partial charge on any atom is -0.355 e. The van der Waals surface area contributed by atoms with Crippen molar-refractivity contribution in [2.75, 3.05) is 49.1 Å². The molecule has 0 atom stereocenters. The number of amides is 1. The Morgan fingerprint density at radius 1 is 0.900 bits per heavy atom. The van der Waals surface area contributed by atoms with Crippen LogP contribution in [0.15, 0.2) is 36.4 Å². The number of fused-ring (bicyclic) bond motifs is 1. The van der Waals surface area contributed by atoms with E-state index in [9.17, 15) is 4.79 Å². The summed E-state index contributed by atoms with van der Waals surface area (Å²) in [5.41, 5.74) is 0.892. The number of rotatable bonds is 3. The van der Waals surface area contributed by atoms with Crippen LogP contribution in [0.25, 0.3) is 10.2 Å². The molecule has 0 unspecified atom stereocenters. The molecule has 2 aromatic heterocycles. The van der Waals surface area contributed by atoms with Crippen LogP contribution < -0.4 is 9.80 Å². The first-order valence-electron chi connectivity index (χ1n) is 10.7. The molecule has 4 heterocycles. The topological polar surface area (TPSA) is 65.5 Å². The molecule has 8 heteroatoms. The molecule has 1 aromatic carbocycles. The first-order chi connectivity index (χ1) is 14.7. The van der Waals surface area contributed by atoms with Gasteiger partial charge in [-0.2, -0.15) is 0 Å². The van der Waals surface area contributed by atoms with E-state index < -0.39 is 0 Å². The summed E-state index contributed by atoms with van der Waals surface area (Å²) in [6.07, 6.45) is 2.43. The summed E-state index contributed by atoms with van der Waals surface area (Å²) >= 11 is 1.47. The number of para-hydroxylation sites is 1. The summed E-state index contributed by atoms with van der Waals surface area (Å²) in [7, 11) is 0. The molecule has 0 bridgehead atoms. The summed E-state index contributed by atoms with van der Waals surface area (Å²) in [5.74, 6) is 2.68. The normalized spacial score (nSPS) is 18.2. The van der Waals surface area contributed by atoms with E-state index in [0.717, 1.165) is 53.9 Å². The molecule has 5 rings (SSSR count). The van der Waals surface area contributed by atoms with Gasteiger partial charge in [-0.3, -0.25) is 4.79 Å². The highest BCUT2D eigenvalue weighted by atomic mass is 32.1. The van der Waals surface area contributed by atoms with Crippen molar-refractivity contribution in [3.05, 3.63) is 41.4 Å². The first-order valence-corrected chi connectivity index (χ1v) is 11.5. The quantitative estimate of drug-likeness (QED) is 0.645. The number of hydrogen-bond donors (Lipinski definition) is 0. The van der Waals surface area contributed by atoms with Gasteiger partial charge in [-0.15, -0.1) is 21.5 Å². The standard InChI is InChI=1S/C22H26N6OS/c1-16-8-10-26(11-9-16)19-6-7-20(25-24-19)27-12-14-28(15-13-27)22(29)21-23-17-4-2-3-5-18(17)30-21/h2-7,16H,8-15H2,1H3. The SMILES string of the molecule is CC1CCN(c2ccc(N3CCN(C(=O)c4nc5ccccc5s4)CC3)nn2)CC1. The van der Waals surface area contributed by atoms with E-state index in [2.05, 4.69) is 44.0 Å². The van der Waals surface area contributed by atoms with E-state index in [1.807, 2.05) is 29.2 Å². The Balaban J connectivity index is 1.20. The van der Waals surface area contributed by atoms with Crippen LogP contribution in [-0.2, 0) is 0 Å². The van der Waals surface area contributed by atoms with Gasteiger partial charge >= 0.3 is 0 Å². The molecule has 2 aliphatic rings. The Morgan fingerprint density at radius 3 is 2.17 bits per heavy atom. The molecule has 2 aliphatic heterocycles. The van der Waals surface area contributed by atoms with Crippen LogP contribution in [0.2, 0.25) is 0 Å². The van der Waals surface area contributed by atoms with Crippen LogP contribution >= 0.6 is 11.3 Å². The van der Waals surface area contributed by atoms with Crippen molar-refractivity contribution >= 4 is 39.1 Å². The number of piperidine rings is 1. The lowest BCUT2D eigenvalue weighted by atomic mass is 9.99. The maximum atomic E-state index is 12.9. The third-order valence-electron chi connectivity index (χ3n) is 6.11. The molecule has 2 saturated heterocycles. The number of piperazine rings is 1. The third-order valence-corrected chi connectivity index (χ3v) is 7.14. The lowest BCUT2D eigenvalue weighted by Crippen LogP contribution is -2.49. The molecule has 0 aliphatic carbocycles. The number of hydrogen-bond acceptors (Lipinski definition) is 7. The van der Waals surface area contributed by atoms with Crippen molar-refractivity contribution in [1.29, 1.82) is 0 Å². The van der Waals surface area contributed by atoms with Gasteiger partial charge in [-0.1, -0.05) is 19.1 Å². The molecule has 0 saturated carbocycles. The molecule has 0 spiro atoms. The molecule has 0 N–H and O–H groups in total. The van der Waals surface area contributed by atoms with Crippen LogP contribution in [0, 0.1) is 5.92 Å². The number of thiazole rings is 1. The Morgan fingerprint density at radius 2 is 1.53 bits per heavy atom. The summed E-state index contributed by atoms with van der Waals surface area (Å²) in [5, 5.41) is 9.52. The lowest BCUT2D eigenvalue weighted by molar-refractivity contribution is 0.0746. The molecule has 2 fully saturated rings. The van der Waals surface area contributed by atoms with E-state index in [1.54, 1.807) is 0 Å². The van der Waals surface area contributed by atoms with Crippen molar-refractivity contribution in [3.63, 3.8) is 0 Å². The highest BCUT2D eigenvalue weighted by Gasteiger charge is 2.25. The van der Waals surface area contributed by atoms with Crippen molar-refractivity contribution in [2.24, 2.45) is 5.92 Å². The molecule has 3 aromatic rings. The molecular formula is C22H26N6OS. The van der Waals surface area contributed by atoms with Crippen LogP contribution in [0.4, 0.5) is 11.6 Å². The fourth-order valence-corrected chi connectivity index (χ4v) is 5.06. The summed E-state index contributed by atoms with van der Waals surface area (Å²) in [6, 6.07) is 12.0. The Hall–Kier alpha value is -2.74. The maximum absolute atomic E-state index is 12.9. The molecule has 156 valence electrons. The Bertz CT molecular complexity index is 987. The van der Waals surface area contributed by atoms with Crippen LogP contribution in [0.3, 0.4) is 0 Å². The third kappa shape index (κ3) is 3.84. The van der Waals surface area contributed by atoms with Gasteiger partial charge in [0.05, 0.1) is 10.2 Å². The zero-order valence-electron chi connectivity index (χ0n) is 17.2. The molecule has 0 radical (unpaired) electrons. The van der Waals surface area contributed by atoms with Crippen molar-refractivity contribution in [3.8, 4) is 0 Å². The van der Waals surface area contributed by atoms with Gasteiger partial charge in [-0.25, -0.2) is 4.98 Å². The van der Waals surface area contributed by atoms with Gasteiger partial charge in [0.25, 0.3) is 5.91 Å². The first kappa shape index (κ1) is 19.2. The van der Waals surface area contributed by atoms with E-state index in [0.29, 0.717) is 18.1 Å². The van der Waals surface area contributed by atoms with Crippen LogP contribution in [0.5, 0.6) is 0 Å². The van der Waals surface area contributed by atoms with Crippen LogP contribution in [0.1, 0.15) is 29.6 Å². The smallest absolute Gasteiger partial charge is 0.282 e. The Kier molecular flexibility index (Phi) is 5.25. The molecule has 7 nitrogen and oxygen atoms in total. The second-order valence-corrected chi connectivity index (χ2v) is 9.22. The molecule has 1 amide bonds. The summed E-state index contributed by atoms with van der Waals surface area (Å²) in [6.45, 7) is 7.28. The largest absolute Gasteiger partial charge is 0.355 e. The minimum atomic E-state index is 0.0246. The van der Waals surface area contributed by atoms with E-state index >= 15 is 0 Å². The number of carbonyl (C=O) groups excluding carboxylic acids is 1. The van der Waals surface area contributed by atoms with Crippen molar-refractivity contribution < 1.29 is 4.79 Å². The number of carbonyl (C=O) groups is 1. The second kappa shape index (κ2) is 8.18. The number of anilines is 2. The van der Waals surface area contributed by atoms with Gasteiger partial charge in [0.2, 0.25) is 0 Å². The fraction of sp³-hybridized carbons (Fsp3) is 0.455. The lowest BCUT2D eigenvalue weighted by Gasteiger charge is -2.35. The number of aromatic nitrogens is 3. The van der Waals surface area contributed by atoms with Crippen molar-refractivity contribution in [2.45, 2.75) is 19.8 Å². The van der Waals surface area contributed by atoms with E-state index in [-0.39, 0.29) is 5.91 Å². The van der Waals surface area contributed by atoms with Gasteiger partial charge in [0, 0.05) is 39.3 Å². The number of nitrogens with zero attached hydrogens (tertiary/aromatic N) is 6. The molecular weight excluding hydrogens is 396 g/mol. The minimum absolute atomic E-state index is 0.0246.